The van der Waals surface area contributed by atoms with Gasteiger partial charge in [0.05, 0.1) is 12.2 Å². The predicted octanol–water partition coefficient (Wildman–Crippen LogP) is 2.95. The Bertz CT molecular complexity index is 670. The molecule has 4 heteroatoms. The maximum atomic E-state index is 12.7. The Balaban J connectivity index is 2.36. The number of benzene rings is 1. The van der Waals surface area contributed by atoms with E-state index in [0.29, 0.717) is 18.7 Å². The van der Waals surface area contributed by atoms with E-state index in [4.69, 9.17) is 0 Å². The fourth-order valence-corrected chi connectivity index (χ4v) is 2.77. The molecule has 1 N–H and O–H groups in total. The first-order valence-electron chi connectivity index (χ1n) is 7.82. The van der Waals surface area contributed by atoms with Gasteiger partial charge in [-0.2, -0.15) is 0 Å². The molecule has 1 heterocycles. The van der Waals surface area contributed by atoms with Gasteiger partial charge < -0.3 is 10.0 Å². The van der Waals surface area contributed by atoms with E-state index in [1.807, 2.05) is 0 Å². The van der Waals surface area contributed by atoms with E-state index in [9.17, 15) is 9.90 Å². The van der Waals surface area contributed by atoms with Crippen LogP contribution in [0.25, 0.3) is 0 Å². The lowest BCUT2D eigenvalue weighted by Crippen LogP contribution is -2.33. The molecule has 0 saturated heterocycles. The zero-order valence-electron chi connectivity index (χ0n) is 14.3. The molecule has 0 atom stereocenters. The first-order chi connectivity index (χ1) is 11.0. The Morgan fingerprint density at radius 1 is 1.17 bits per heavy atom. The minimum Gasteiger partial charge on any atom is -0.395 e. The van der Waals surface area contributed by atoms with Crippen molar-refractivity contribution >= 4 is 5.91 Å². The number of carbonyl (C=O) groups excluding carboxylic acids is 1. The molecule has 2 rings (SSSR count). The zero-order valence-corrected chi connectivity index (χ0v) is 14.3. The van der Waals surface area contributed by atoms with Crippen LogP contribution >= 0.6 is 0 Å². The third kappa shape index (κ3) is 3.77. The summed E-state index contributed by atoms with van der Waals surface area (Å²) < 4.78 is 0. The average molecular weight is 312 g/mol. The third-order valence-corrected chi connectivity index (χ3v) is 4.44. The number of amides is 1. The maximum absolute atomic E-state index is 12.7. The molecule has 0 fully saturated rings. The number of rotatable bonds is 5. The molecule has 0 aliphatic heterocycles. The number of pyridine rings is 1. The van der Waals surface area contributed by atoms with Crippen molar-refractivity contribution in [2.75, 3.05) is 13.2 Å². The van der Waals surface area contributed by atoms with E-state index < -0.39 is 0 Å². The summed E-state index contributed by atoms with van der Waals surface area (Å²) in [7, 11) is 0. The molecule has 122 valence electrons. The van der Waals surface area contributed by atoms with Crippen molar-refractivity contribution < 1.29 is 9.90 Å². The van der Waals surface area contributed by atoms with Gasteiger partial charge in [-0.05, 0) is 67.6 Å². The van der Waals surface area contributed by atoms with E-state index in [0.717, 1.165) is 5.56 Å². The summed E-state index contributed by atoms with van der Waals surface area (Å²) >= 11 is 0. The molecular weight excluding hydrogens is 288 g/mol. The number of hydrogen-bond donors (Lipinski definition) is 1. The second kappa shape index (κ2) is 7.38. The molecule has 1 aromatic carbocycles. The van der Waals surface area contributed by atoms with Crippen LogP contribution in [0.1, 0.15) is 38.2 Å². The zero-order chi connectivity index (χ0) is 17.0. The van der Waals surface area contributed by atoms with Gasteiger partial charge in [-0.1, -0.05) is 6.07 Å². The normalized spacial score (nSPS) is 10.7. The highest BCUT2D eigenvalue weighted by Crippen LogP contribution is 2.23. The third-order valence-electron chi connectivity index (χ3n) is 4.44. The molecule has 0 aliphatic carbocycles. The Labute approximate surface area is 137 Å². The molecular formula is C19H24N2O2. The molecule has 23 heavy (non-hydrogen) atoms. The predicted molar refractivity (Wildman–Crippen MR) is 91.5 cm³/mol. The largest absolute Gasteiger partial charge is 0.395 e. The van der Waals surface area contributed by atoms with Gasteiger partial charge >= 0.3 is 0 Å². The summed E-state index contributed by atoms with van der Waals surface area (Å²) in [4.78, 5) is 18.4. The highest BCUT2D eigenvalue weighted by atomic mass is 16.3. The Kier molecular flexibility index (Phi) is 5.50. The number of aromatic nitrogens is 1. The van der Waals surface area contributed by atoms with E-state index in [2.05, 4.69) is 38.7 Å². The van der Waals surface area contributed by atoms with Crippen LogP contribution in [0.5, 0.6) is 0 Å². The summed E-state index contributed by atoms with van der Waals surface area (Å²) in [5.41, 5.74) is 6.56. The smallest absolute Gasteiger partial charge is 0.255 e. The van der Waals surface area contributed by atoms with E-state index in [-0.39, 0.29) is 12.5 Å². The van der Waals surface area contributed by atoms with Crippen LogP contribution in [0.4, 0.5) is 0 Å². The van der Waals surface area contributed by atoms with Crippen molar-refractivity contribution in [2.45, 2.75) is 34.2 Å². The lowest BCUT2D eigenvalue weighted by atomic mass is 9.94. The lowest BCUT2D eigenvalue weighted by molar-refractivity contribution is 0.0707. The fourth-order valence-electron chi connectivity index (χ4n) is 2.77. The minimum atomic E-state index is -0.106. The number of aryl methyl sites for hydroxylation is 2. The van der Waals surface area contributed by atoms with Crippen molar-refractivity contribution in [1.82, 2.24) is 9.88 Å². The topological polar surface area (TPSA) is 53.4 Å². The second-order valence-electron chi connectivity index (χ2n) is 5.93. The molecule has 4 nitrogen and oxygen atoms in total. The summed E-state index contributed by atoms with van der Waals surface area (Å²) in [5, 5.41) is 9.35. The number of nitrogens with zero attached hydrogens (tertiary/aromatic N) is 2. The summed E-state index contributed by atoms with van der Waals surface area (Å²) in [6, 6.07) is 5.67. The van der Waals surface area contributed by atoms with Crippen molar-refractivity contribution in [3.05, 3.63) is 64.0 Å². The summed E-state index contributed by atoms with van der Waals surface area (Å²) in [6.45, 7) is 9.09. The Morgan fingerprint density at radius 3 is 2.35 bits per heavy atom. The highest BCUT2D eigenvalue weighted by molar-refractivity contribution is 5.93. The quantitative estimate of drug-likeness (QED) is 0.923. The van der Waals surface area contributed by atoms with Crippen LogP contribution in [0.3, 0.4) is 0 Å². The van der Waals surface area contributed by atoms with Gasteiger partial charge in [0.1, 0.15) is 0 Å². The number of hydrogen-bond acceptors (Lipinski definition) is 3. The van der Waals surface area contributed by atoms with Crippen molar-refractivity contribution in [3.63, 3.8) is 0 Å². The van der Waals surface area contributed by atoms with Gasteiger partial charge in [-0.25, -0.2) is 0 Å². The van der Waals surface area contributed by atoms with Gasteiger partial charge in [0.15, 0.2) is 0 Å². The monoisotopic (exact) mass is 312 g/mol. The molecule has 2 aromatic rings. The minimum absolute atomic E-state index is 0.0606. The van der Waals surface area contributed by atoms with Crippen LogP contribution in [0, 0.1) is 27.7 Å². The molecule has 1 aromatic heterocycles. The number of aliphatic hydroxyl groups excluding tert-OH is 1. The molecule has 0 bridgehead atoms. The molecule has 1 amide bonds. The van der Waals surface area contributed by atoms with Crippen LogP contribution in [0.15, 0.2) is 30.6 Å². The van der Waals surface area contributed by atoms with E-state index in [1.54, 1.807) is 29.4 Å². The van der Waals surface area contributed by atoms with E-state index >= 15 is 0 Å². The van der Waals surface area contributed by atoms with Crippen LogP contribution in [-0.4, -0.2) is 34.0 Å². The fraction of sp³-hybridized carbons (Fsp3) is 0.368. The first-order valence-corrected chi connectivity index (χ1v) is 7.82. The van der Waals surface area contributed by atoms with Gasteiger partial charge in [-0.15, -0.1) is 0 Å². The van der Waals surface area contributed by atoms with Gasteiger partial charge in [0.2, 0.25) is 0 Å². The molecule has 0 unspecified atom stereocenters. The maximum Gasteiger partial charge on any atom is 0.255 e. The molecule has 0 saturated carbocycles. The van der Waals surface area contributed by atoms with Gasteiger partial charge in [0.25, 0.3) is 5.91 Å². The standard InChI is InChI=1S/C19H24N2O2/c1-13-10-14(2)16(4)18(15(13)3)12-21(8-9-22)19(23)17-6-5-7-20-11-17/h5-7,10-11,22H,8-9,12H2,1-4H3. The lowest BCUT2D eigenvalue weighted by Gasteiger charge is -2.25. The number of carbonyl (C=O) groups is 1. The van der Waals surface area contributed by atoms with E-state index in [1.165, 1.54) is 22.3 Å². The van der Waals surface area contributed by atoms with Crippen molar-refractivity contribution in [1.29, 1.82) is 0 Å². The Hall–Kier alpha value is -2.20. The first kappa shape index (κ1) is 17.2. The average Bonchev–Trinajstić information content (AvgIpc) is 2.56. The van der Waals surface area contributed by atoms with Crippen molar-refractivity contribution in [3.8, 4) is 0 Å². The van der Waals surface area contributed by atoms with Crippen LogP contribution in [0.2, 0.25) is 0 Å². The molecule has 0 radical (unpaired) electrons. The molecule has 0 spiro atoms. The summed E-state index contributed by atoms with van der Waals surface area (Å²) in [5.74, 6) is -0.106. The van der Waals surface area contributed by atoms with Gasteiger partial charge in [0, 0.05) is 25.5 Å². The van der Waals surface area contributed by atoms with Crippen LogP contribution < -0.4 is 0 Å². The summed E-state index contributed by atoms with van der Waals surface area (Å²) in [6.07, 6.45) is 3.21. The second-order valence-corrected chi connectivity index (χ2v) is 5.93. The van der Waals surface area contributed by atoms with Crippen LogP contribution in [-0.2, 0) is 6.54 Å². The number of aliphatic hydroxyl groups is 1. The molecule has 0 aliphatic rings. The van der Waals surface area contributed by atoms with Crippen molar-refractivity contribution in [2.24, 2.45) is 0 Å². The Morgan fingerprint density at radius 2 is 1.83 bits per heavy atom. The highest BCUT2D eigenvalue weighted by Gasteiger charge is 2.19. The van der Waals surface area contributed by atoms with Gasteiger partial charge in [-0.3, -0.25) is 9.78 Å². The SMILES string of the molecule is Cc1cc(C)c(C)c(CN(CCO)C(=O)c2cccnc2)c1C.